The topological polar surface area (TPSA) is 65.1 Å². The predicted molar refractivity (Wildman–Crippen MR) is 128 cm³/mol. The van der Waals surface area contributed by atoms with E-state index in [1.165, 1.54) is 4.90 Å². The summed E-state index contributed by atoms with van der Waals surface area (Å²) in [7, 11) is 0. The molecule has 0 unspecified atom stereocenters. The highest BCUT2D eigenvalue weighted by molar-refractivity contribution is 8.18. The third-order valence-electron chi connectivity index (χ3n) is 4.45. The van der Waals surface area contributed by atoms with Crippen molar-refractivity contribution in [2.24, 2.45) is 0 Å². The lowest BCUT2D eigenvalue weighted by atomic mass is 10.1. The molecule has 1 fully saturated rings. The number of halogens is 1. The van der Waals surface area contributed by atoms with Crippen molar-refractivity contribution in [3.05, 3.63) is 70.1 Å². The molecule has 1 saturated heterocycles. The van der Waals surface area contributed by atoms with Crippen molar-refractivity contribution in [3.63, 3.8) is 0 Å². The number of thioether (sulfide) groups is 1. The van der Waals surface area contributed by atoms with Crippen LogP contribution in [0.25, 0.3) is 6.08 Å². The molecule has 2 aromatic rings. The van der Waals surface area contributed by atoms with E-state index in [0.717, 1.165) is 17.3 Å². The molecule has 0 N–H and O–H groups in total. The van der Waals surface area contributed by atoms with Crippen LogP contribution in [-0.2, 0) is 4.79 Å². The Morgan fingerprint density at radius 3 is 2.56 bits per heavy atom. The maximum absolute atomic E-state index is 12.8. The van der Waals surface area contributed by atoms with Crippen molar-refractivity contribution in [1.29, 1.82) is 0 Å². The fourth-order valence-corrected chi connectivity index (χ4v) is 4.09. The number of hydrogen-bond donors (Lipinski definition) is 0. The minimum atomic E-state index is -0.367. The Morgan fingerprint density at radius 2 is 1.88 bits per heavy atom. The summed E-state index contributed by atoms with van der Waals surface area (Å²) in [6, 6.07) is 11.0. The van der Waals surface area contributed by atoms with Crippen LogP contribution in [0, 0.1) is 6.92 Å². The van der Waals surface area contributed by atoms with Gasteiger partial charge in [0.1, 0.15) is 19.0 Å². The Labute approximate surface area is 196 Å². The van der Waals surface area contributed by atoms with Gasteiger partial charge in [0.15, 0.2) is 11.5 Å². The van der Waals surface area contributed by atoms with Gasteiger partial charge < -0.3 is 14.2 Å². The average Bonchev–Trinajstić information content (AvgIpc) is 3.02. The number of benzene rings is 2. The molecule has 32 heavy (non-hydrogen) atoms. The summed E-state index contributed by atoms with van der Waals surface area (Å²) in [5.74, 6) is 1.19. The molecule has 0 aromatic heterocycles. The van der Waals surface area contributed by atoms with E-state index in [4.69, 9.17) is 25.8 Å². The van der Waals surface area contributed by atoms with Gasteiger partial charge >= 0.3 is 0 Å². The number of ether oxygens (including phenoxy) is 3. The van der Waals surface area contributed by atoms with Gasteiger partial charge in [-0.2, -0.15) is 0 Å². The van der Waals surface area contributed by atoms with Crippen molar-refractivity contribution in [2.75, 3.05) is 26.4 Å². The molecule has 8 heteroatoms. The molecule has 0 atom stereocenters. The third-order valence-corrected chi connectivity index (χ3v) is 5.64. The first-order chi connectivity index (χ1) is 15.4. The van der Waals surface area contributed by atoms with Crippen LogP contribution >= 0.6 is 23.4 Å². The molecule has 0 saturated carbocycles. The zero-order valence-electron chi connectivity index (χ0n) is 17.9. The second-order valence-electron chi connectivity index (χ2n) is 6.86. The van der Waals surface area contributed by atoms with Crippen LogP contribution in [0.4, 0.5) is 4.79 Å². The van der Waals surface area contributed by atoms with Crippen LogP contribution in [0.15, 0.2) is 54.0 Å². The number of imide groups is 1. The second-order valence-corrected chi connectivity index (χ2v) is 8.26. The van der Waals surface area contributed by atoms with E-state index >= 15 is 0 Å². The smallest absolute Gasteiger partial charge is 0.293 e. The van der Waals surface area contributed by atoms with Gasteiger partial charge in [-0.25, -0.2) is 0 Å². The van der Waals surface area contributed by atoms with E-state index in [1.807, 2.05) is 38.1 Å². The van der Waals surface area contributed by atoms with Crippen LogP contribution < -0.4 is 14.2 Å². The molecule has 3 rings (SSSR count). The number of aryl methyl sites for hydroxylation is 1. The molecule has 1 heterocycles. The molecule has 6 nitrogen and oxygen atoms in total. The van der Waals surface area contributed by atoms with Crippen molar-refractivity contribution in [2.45, 2.75) is 13.8 Å². The monoisotopic (exact) mass is 473 g/mol. The Bertz CT molecular complexity index is 1040. The Morgan fingerprint density at radius 1 is 1.12 bits per heavy atom. The van der Waals surface area contributed by atoms with Crippen LogP contribution in [0.2, 0.25) is 5.02 Å². The van der Waals surface area contributed by atoms with Crippen molar-refractivity contribution in [3.8, 4) is 17.2 Å². The quantitative estimate of drug-likeness (QED) is 0.324. The lowest BCUT2D eigenvalue weighted by Crippen LogP contribution is -2.32. The van der Waals surface area contributed by atoms with Gasteiger partial charge in [-0.15, -0.1) is 0 Å². The minimum absolute atomic E-state index is 0.162. The summed E-state index contributed by atoms with van der Waals surface area (Å²) in [5, 5.41) is 0.00518. The largest absolute Gasteiger partial charge is 0.492 e. The van der Waals surface area contributed by atoms with Gasteiger partial charge in [-0.3, -0.25) is 14.5 Å². The van der Waals surface area contributed by atoms with Gasteiger partial charge in [0.05, 0.1) is 23.1 Å². The maximum atomic E-state index is 12.8. The molecule has 0 aliphatic carbocycles. The van der Waals surface area contributed by atoms with E-state index in [9.17, 15) is 9.59 Å². The van der Waals surface area contributed by atoms with E-state index in [-0.39, 0.29) is 30.9 Å². The highest BCUT2D eigenvalue weighted by atomic mass is 35.5. The minimum Gasteiger partial charge on any atom is -0.492 e. The average molecular weight is 474 g/mol. The maximum Gasteiger partial charge on any atom is 0.293 e. The molecule has 0 radical (unpaired) electrons. The standard InChI is InChI=1S/C24H24ClNO5S/c1-4-11-31-22-19(25)13-17(14-20(22)29-5-2)15-21-23(27)26(24(28)32-21)10-12-30-18-8-6-16(3)7-9-18/h4,6-9,13-15H,1,5,10-12H2,2-3H3/b21-15-. The predicted octanol–water partition coefficient (Wildman–Crippen LogP) is 5.73. The molecule has 0 spiro atoms. The molecule has 2 amide bonds. The van der Waals surface area contributed by atoms with Crippen molar-refractivity contribution in [1.82, 2.24) is 4.90 Å². The first-order valence-electron chi connectivity index (χ1n) is 10.1. The first-order valence-corrected chi connectivity index (χ1v) is 11.3. The summed E-state index contributed by atoms with van der Waals surface area (Å²) < 4.78 is 16.9. The zero-order chi connectivity index (χ0) is 23.1. The fourth-order valence-electron chi connectivity index (χ4n) is 2.95. The number of rotatable bonds is 10. The third kappa shape index (κ3) is 5.87. The summed E-state index contributed by atoms with van der Waals surface area (Å²) in [4.78, 5) is 26.6. The molecular formula is C24H24ClNO5S. The van der Waals surface area contributed by atoms with Crippen molar-refractivity contribution < 1.29 is 23.8 Å². The number of carbonyl (C=O) groups excluding carboxylic acids is 2. The molecule has 0 bridgehead atoms. The molecule has 2 aromatic carbocycles. The van der Waals surface area contributed by atoms with E-state index in [1.54, 1.807) is 24.3 Å². The lowest BCUT2D eigenvalue weighted by molar-refractivity contribution is -0.123. The molecule has 1 aliphatic heterocycles. The highest BCUT2D eigenvalue weighted by Crippen LogP contribution is 2.39. The Hall–Kier alpha value is -2.90. The van der Waals surface area contributed by atoms with Gasteiger partial charge in [0.2, 0.25) is 0 Å². The number of nitrogens with zero attached hydrogens (tertiary/aromatic N) is 1. The van der Waals surface area contributed by atoms with Crippen LogP contribution in [0.3, 0.4) is 0 Å². The lowest BCUT2D eigenvalue weighted by Gasteiger charge is -2.14. The Balaban J connectivity index is 1.71. The SMILES string of the molecule is C=CCOc1c(Cl)cc(/C=C2\SC(=O)N(CCOc3ccc(C)cc3)C2=O)cc1OCC. The number of carbonyl (C=O) groups is 2. The second kappa shape index (κ2) is 11.1. The summed E-state index contributed by atoms with van der Waals surface area (Å²) in [6.45, 7) is 8.54. The highest BCUT2D eigenvalue weighted by Gasteiger charge is 2.35. The molecule has 1 aliphatic rings. The summed E-state index contributed by atoms with van der Waals surface area (Å²) >= 11 is 7.25. The van der Waals surface area contributed by atoms with E-state index in [0.29, 0.717) is 39.3 Å². The number of hydrogen-bond acceptors (Lipinski definition) is 6. The van der Waals surface area contributed by atoms with Gasteiger partial charge in [0.25, 0.3) is 11.1 Å². The number of amides is 2. The van der Waals surface area contributed by atoms with Gasteiger partial charge in [-0.05, 0) is 61.5 Å². The van der Waals surface area contributed by atoms with E-state index < -0.39 is 0 Å². The zero-order valence-corrected chi connectivity index (χ0v) is 19.5. The van der Waals surface area contributed by atoms with Crippen LogP contribution in [0.5, 0.6) is 17.2 Å². The van der Waals surface area contributed by atoms with Crippen LogP contribution in [-0.4, -0.2) is 42.4 Å². The molecule has 168 valence electrons. The normalized spacial score (nSPS) is 14.7. The van der Waals surface area contributed by atoms with Crippen LogP contribution in [0.1, 0.15) is 18.1 Å². The summed E-state index contributed by atoms with van der Waals surface area (Å²) in [5.41, 5.74) is 1.76. The first kappa shape index (κ1) is 23.8. The fraction of sp³-hybridized carbons (Fsp3) is 0.250. The Kier molecular flexibility index (Phi) is 8.25. The van der Waals surface area contributed by atoms with Crippen molar-refractivity contribution >= 4 is 40.6 Å². The molecular weight excluding hydrogens is 450 g/mol. The van der Waals surface area contributed by atoms with Gasteiger partial charge in [0, 0.05) is 0 Å². The summed E-state index contributed by atoms with van der Waals surface area (Å²) in [6.07, 6.45) is 3.23. The van der Waals surface area contributed by atoms with E-state index in [2.05, 4.69) is 6.58 Å². The van der Waals surface area contributed by atoms with Gasteiger partial charge in [-0.1, -0.05) is 42.0 Å².